The molecule has 33 heavy (non-hydrogen) atoms. The van der Waals surface area contributed by atoms with E-state index in [1.54, 1.807) is 31.5 Å². The van der Waals surface area contributed by atoms with Crippen molar-refractivity contribution in [2.45, 2.75) is 38.0 Å². The Morgan fingerprint density at radius 2 is 1.76 bits per heavy atom. The number of amides is 4. The fraction of sp³-hybridized carbons (Fsp3) is 0.391. The van der Waals surface area contributed by atoms with Crippen molar-refractivity contribution in [1.29, 1.82) is 0 Å². The number of imide groups is 1. The number of rotatable bonds is 4. The van der Waals surface area contributed by atoms with Gasteiger partial charge in [0.25, 0.3) is 11.8 Å². The molecule has 0 spiro atoms. The van der Waals surface area contributed by atoms with Gasteiger partial charge in [-0.1, -0.05) is 12.1 Å². The van der Waals surface area contributed by atoms with Crippen molar-refractivity contribution in [3.63, 3.8) is 0 Å². The Morgan fingerprint density at radius 1 is 1.12 bits per heavy atom. The topological polar surface area (TPSA) is 82.6 Å². The number of pyridine rings is 1. The average Bonchev–Trinajstić information content (AvgIpc) is 3.02. The summed E-state index contributed by atoms with van der Waals surface area (Å²) in [4.78, 5) is 45.0. The van der Waals surface area contributed by atoms with Crippen molar-refractivity contribution in [2.24, 2.45) is 5.92 Å². The highest BCUT2D eigenvalue weighted by molar-refractivity contribution is 6.07. The van der Waals surface area contributed by atoms with Crippen LogP contribution in [0, 0.1) is 5.92 Å². The van der Waals surface area contributed by atoms with Crippen molar-refractivity contribution >= 4 is 17.8 Å². The Morgan fingerprint density at radius 3 is 2.39 bits per heavy atom. The lowest BCUT2D eigenvalue weighted by molar-refractivity contribution is -0.138. The van der Waals surface area contributed by atoms with Crippen molar-refractivity contribution in [2.75, 3.05) is 13.1 Å². The van der Waals surface area contributed by atoms with Gasteiger partial charge in [0.1, 0.15) is 5.54 Å². The molecule has 2 aromatic rings. The molecule has 1 aromatic heterocycles. The summed E-state index contributed by atoms with van der Waals surface area (Å²) in [6, 6.07) is 7.68. The molecule has 0 bridgehead atoms. The third-order valence-corrected chi connectivity index (χ3v) is 6.45. The molecule has 1 N–H and O–H groups in total. The first-order valence-corrected chi connectivity index (χ1v) is 10.6. The van der Waals surface area contributed by atoms with Gasteiger partial charge in [0.15, 0.2) is 0 Å². The monoisotopic (exact) mass is 460 g/mol. The van der Waals surface area contributed by atoms with E-state index in [9.17, 15) is 27.6 Å². The fourth-order valence-electron chi connectivity index (χ4n) is 4.55. The van der Waals surface area contributed by atoms with Gasteiger partial charge >= 0.3 is 12.2 Å². The number of likely N-dealkylation sites (tertiary alicyclic amines) is 1. The predicted octanol–water partition coefficient (Wildman–Crippen LogP) is 3.46. The van der Waals surface area contributed by atoms with E-state index in [2.05, 4.69) is 10.3 Å². The van der Waals surface area contributed by atoms with Crippen molar-refractivity contribution in [1.82, 2.24) is 20.1 Å². The highest BCUT2D eigenvalue weighted by Gasteiger charge is 2.53. The minimum absolute atomic E-state index is 0.119. The van der Waals surface area contributed by atoms with Crippen LogP contribution < -0.4 is 5.32 Å². The maximum Gasteiger partial charge on any atom is 0.417 e. The maximum absolute atomic E-state index is 13.3. The largest absolute Gasteiger partial charge is 0.417 e. The molecule has 2 saturated heterocycles. The van der Waals surface area contributed by atoms with Crippen LogP contribution in [-0.4, -0.2) is 51.3 Å². The molecule has 10 heteroatoms. The predicted molar refractivity (Wildman–Crippen MR) is 112 cm³/mol. The van der Waals surface area contributed by atoms with E-state index >= 15 is 0 Å². The van der Waals surface area contributed by atoms with Gasteiger partial charge < -0.3 is 10.2 Å². The Kier molecular flexibility index (Phi) is 5.85. The van der Waals surface area contributed by atoms with Gasteiger partial charge in [-0.05, 0) is 55.5 Å². The second kappa shape index (κ2) is 8.49. The van der Waals surface area contributed by atoms with Gasteiger partial charge in [0.05, 0.1) is 17.7 Å². The summed E-state index contributed by atoms with van der Waals surface area (Å²) in [5, 5.41) is 2.79. The van der Waals surface area contributed by atoms with Crippen LogP contribution in [-0.2, 0) is 17.5 Å². The first-order valence-electron chi connectivity index (χ1n) is 10.6. The van der Waals surface area contributed by atoms with Crippen LogP contribution in [0.1, 0.15) is 41.3 Å². The Bertz CT molecular complexity index is 1070. The van der Waals surface area contributed by atoms with E-state index in [4.69, 9.17) is 0 Å². The molecule has 2 fully saturated rings. The summed E-state index contributed by atoms with van der Waals surface area (Å²) in [6.07, 6.45) is -0.707. The Balaban J connectivity index is 1.44. The lowest BCUT2D eigenvalue weighted by Crippen LogP contribution is -2.54. The second-order valence-corrected chi connectivity index (χ2v) is 8.49. The van der Waals surface area contributed by atoms with Gasteiger partial charge in [-0.25, -0.2) is 4.79 Å². The molecule has 2 aliphatic heterocycles. The number of carbonyl (C=O) groups excluding carboxylic acids is 3. The maximum atomic E-state index is 13.3. The van der Waals surface area contributed by atoms with Crippen molar-refractivity contribution in [3.05, 3.63) is 65.5 Å². The summed E-state index contributed by atoms with van der Waals surface area (Å²) >= 11 is 0. The van der Waals surface area contributed by atoms with Crippen LogP contribution >= 0.6 is 0 Å². The van der Waals surface area contributed by atoms with Gasteiger partial charge in [0, 0.05) is 25.5 Å². The minimum Gasteiger partial charge on any atom is -0.339 e. The third kappa shape index (κ3) is 4.29. The number of nitrogens with zero attached hydrogens (tertiary/aromatic N) is 3. The van der Waals surface area contributed by atoms with E-state index in [0.29, 0.717) is 12.8 Å². The van der Waals surface area contributed by atoms with Gasteiger partial charge in [-0.2, -0.15) is 13.2 Å². The number of nitrogens with one attached hydrogen (secondary N) is 1. The lowest BCUT2D eigenvalue weighted by atomic mass is 9.78. The number of alkyl halides is 3. The number of urea groups is 1. The summed E-state index contributed by atoms with van der Waals surface area (Å²) in [5.74, 6) is -1.29. The van der Waals surface area contributed by atoms with Gasteiger partial charge in [-0.15, -0.1) is 0 Å². The van der Waals surface area contributed by atoms with Gasteiger partial charge in [-0.3, -0.25) is 19.5 Å². The van der Waals surface area contributed by atoms with Crippen molar-refractivity contribution in [3.8, 4) is 0 Å². The average molecular weight is 460 g/mol. The zero-order valence-electron chi connectivity index (χ0n) is 17.9. The zero-order chi connectivity index (χ0) is 23.8. The molecule has 174 valence electrons. The second-order valence-electron chi connectivity index (χ2n) is 8.49. The molecule has 3 heterocycles. The van der Waals surface area contributed by atoms with E-state index < -0.39 is 29.2 Å². The molecular formula is C23H23F3N4O3. The molecule has 0 aliphatic carbocycles. The summed E-state index contributed by atoms with van der Waals surface area (Å²) in [5.41, 5.74) is -1.72. The number of piperidine rings is 1. The summed E-state index contributed by atoms with van der Waals surface area (Å²) < 4.78 is 39.9. The zero-order valence-corrected chi connectivity index (χ0v) is 17.9. The van der Waals surface area contributed by atoms with Gasteiger partial charge in [0.2, 0.25) is 0 Å². The molecule has 0 radical (unpaired) electrons. The number of benzene rings is 1. The smallest absolute Gasteiger partial charge is 0.339 e. The molecule has 0 saturated carbocycles. The van der Waals surface area contributed by atoms with E-state index in [1.165, 1.54) is 23.1 Å². The SMILES string of the molecule is C[C@]1(C2CCN(C(=O)c3ccccc3C(F)(F)F)CC2)NC(=O)N(Cc2ccncc2)C1=O. The molecule has 1 atom stereocenters. The van der Waals surface area contributed by atoms with Crippen LogP contribution in [0.15, 0.2) is 48.8 Å². The van der Waals surface area contributed by atoms with Crippen LogP contribution in [0.4, 0.5) is 18.0 Å². The standard InChI is InChI=1S/C23H23F3N4O3/c1-22(20(32)30(21(33)28-22)14-15-6-10-27-11-7-15)16-8-12-29(13-9-16)19(31)17-4-2-3-5-18(17)23(24,25)26/h2-7,10-11,16H,8-9,12-14H2,1H3,(H,28,33)/t22-/m1/s1. The van der Waals surface area contributed by atoms with E-state index in [1.807, 2.05) is 0 Å². The van der Waals surface area contributed by atoms with E-state index in [0.717, 1.165) is 16.5 Å². The summed E-state index contributed by atoms with van der Waals surface area (Å²) in [7, 11) is 0. The minimum atomic E-state index is -4.63. The van der Waals surface area contributed by atoms with Crippen LogP contribution in [0.2, 0.25) is 0 Å². The van der Waals surface area contributed by atoms with Crippen LogP contribution in [0.25, 0.3) is 0 Å². The first kappa shape index (κ1) is 22.8. The molecule has 2 aliphatic rings. The Hall–Kier alpha value is -3.43. The highest BCUT2D eigenvalue weighted by Crippen LogP contribution is 2.36. The Labute approximate surface area is 188 Å². The number of hydrogen-bond donors (Lipinski definition) is 1. The number of halogens is 3. The molecule has 1 aromatic carbocycles. The quantitative estimate of drug-likeness (QED) is 0.709. The molecule has 7 nitrogen and oxygen atoms in total. The van der Waals surface area contributed by atoms with Crippen molar-refractivity contribution < 1.29 is 27.6 Å². The number of hydrogen-bond acceptors (Lipinski definition) is 4. The molecule has 4 amide bonds. The number of carbonyl (C=O) groups is 3. The third-order valence-electron chi connectivity index (χ3n) is 6.45. The fourth-order valence-corrected chi connectivity index (χ4v) is 4.55. The molecule has 0 unspecified atom stereocenters. The number of aromatic nitrogens is 1. The lowest BCUT2D eigenvalue weighted by Gasteiger charge is -2.39. The normalized spacial score (nSPS) is 21.9. The molecular weight excluding hydrogens is 437 g/mol. The van der Waals surface area contributed by atoms with Crippen LogP contribution in [0.5, 0.6) is 0 Å². The van der Waals surface area contributed by atoms with E-state index in [-0.39, 0.29) is 37.0 Å². The highest BCUT2D eigenvalue weighted by atomic mass is 19.4. The van der Waals surface area contributed by atoms with Crippen LogP contribution in [0.3, 0.4) is 0 Å². The summed E-state index contributed by atoms with van der Waals surface area (Å²) in [6.45, 7) is 2.17. The first-order chi connectivity index (χ1) is 15.6. The molecule has 4 rings (SSSR count).